The SMILES string of the molecule is C=CCN=C(C1=CN(CC=C)CC=C1)c1ccc(OC)cc1O. The van der Waals surface area contributed by atoms with Gasteiger partial charge in [0.05, 0.1) is 19.4 Å². The van der Waals surface area contributed by atoms with Crippen molar-refractivity contribution >= 4 is 5.71 Å². The van der Waals surface area contributed by atoms with Crippen molar-refractivity contribution in [3.8, 4) is 11.5 Å². The number of ether oxygens (including phenoxy) is 1. The molecule has 23 heavy (non-hydrogen) atoms. The first-order valence-electron chi connectivity index (χ1n) is 7.46. The van der Waals surface area contributed by atoms with Crippen LogP contribution >= 0.6 is 0 Å². The Kier molecular flexibility index (Phi) is 5.80. The average Bonchev–Trinajstić information content (AvgIpc) is 2.57. The minimum absolute atomic E-state index is 0.141. The van der Waals surface area contributed by atoms with Gasteiger partial charge in [-0.2, -0.15) is 0 Å². The molecular weight excluding hydrogens is 288 g/mol. The lowest BCUT2D eigenvalue weighted by Crippen LogP contribution is -2.22. The summed E-state index contributed by atoms with van der Waals surface area (Å²) in [5, 5.41) is 10.3. The molecule has 120 valence electrons. The van der Waals surface area contributed by atoms with Gasteiger partial charge >= 0.3 is 0 Å². The fraction of sp³-hybridized carbons (Fsp3) is 0.211. The number of hydrogen-bond donors (Lipinski definition) is 1. The second-order valence-electron chi connectivity index (χ2n) is 5.09. The molecule has 0 bridgehead atoms. The van der Waals surface area contributed by atoms with E-state index in [4.69, 9.17) is 4.74 Å². The van der Waals surface area contributed by atoms with Crippen LogP contribution in [0.1, 0.15) is 5.56 Å². The number of phenolic OH excluding ortho intramolecular Hbond substituents is 1. The Hall–Kier alpha value is -2.75. The highest BCUT2D eigenvalue weighted by molar-refractivity contribution is 6.16. The number of methoxy groups -OCH3 is 1. The van der Waals surface area contributed by atoms with Crippen molar-refractivity contribution < 1.29 is 9.84 Å². The molecule has 1 aromatic rings. The van der Waals surface area contributed by atoms with E-state index >= 15 is 0 Å². The van der Waals surface area contributed by atoms with Crippen LogP contribution in [0.3, 0.4) is 0 Å². The lowest BCUT2D eigenvalue weighted by atomic mass is 9.99. The Balaban J connectivity index is 2.43. The van der Waals surface area contributed by atoms with E-state index in [0.29, 0.717) is 17.9 Å². The van der Waals surface area contributed by atoms with Crippen LogP contribution < -0.4 is 4.74 Å². The van der Waals surface area contributed by atoms with Crippen molar-refractivity contribution in [3.05, 3.63) is 73.0 Å². The van der Waals surface area contributed by atoms with Gasteiger partial charge in [-0.3, -0.25) is 4.99 Å². The average molecular weight is 310 g/mol. The minimum atomic E-state index is 0.141. The second-order valence-corrected chi connectivity index (χ2v) is 5.09. The van der Waals surface area contributed by atoms with E-state index in [1.807, 2.05) is 30.5 Å². The number of phenols is 1. The second kappa shape index (κ2) is 8.03. The van der Waals surface area contributed by atoms with Crippen LogP contribution in [0.25, 0.3) is 0 Å². The summed E-state index contributed by atoms with van der Waals surface area (Å²) in [5.74, 6) is 0.748. The van der Waals surface area contributed by atoms with Gasteiger partial charge in [0.2, 0.25) is 0 Å². The van der Waals surface area contributed by atoms with Crippen molar-refractivity contribution in [2.45, 2.75) is 0 Å². The van der Waals surface area contributed by atoms with Crippen LogP contribution in [0.15, 0.2) is 72.4 Å². The van der Waals surface area contributed by atoms with Crippen LogP contribution in [0, 0.1) is 0 Å². The zero-order valence-electron chi connectivity index (χ0n) is 13.4. The van der Waals surface area contributed by atoms with Gasteiger partial charge in [-0.15, -0.1) is 13.2 Å². The molecule has 4 nitrogen and oxygen atoms in total. The van der Waals surface area contributed by atoms with Crippen molar-refractivity contribution in [1.29, 1.82) is 0 Å². The number of allylic oxidation sites excluding steroid dienone is 2. The summed E-state index contributed by atoms with van der Waals surface area (Å²) < 4.78 is 5.14. The number of benzene rings is 1. The number of aliphatic imine (C=N–C) groups is 1. The topological polar surface area (TPSA) is 45.1 Å². The predicted molar refractivity (Wildman–Crippen MR) is 95.3 cm³/mol. The summed E-state index contributed by atoms with van der Waals surface area (Å²) in [5.41, 5.74) is 2.35. The molecule has 0 saturated carbocycles. The van der Waals surface area contributed by atoms with Gasteiger partial charge in [0.25, 0.3) is 0 Å². The number of hydrogen-bond acceptors (Lipinski definition) is 4. The lowest BCUT2D eigenvalue weighted by molar-refractivity contribution is 0.407. The van der Waals surface area contributed by atoms with E-state index < -0.39 is 0 Å². The van der Waals surface area contributed by atoms with E-state index in [2.05, 4.69) is 29.1 Å². The molecule has 1 aromatic carbocycles. The molecule has 1 N–H and O–H groups in total. The van der Waals surface area contributed by atoms with E-state index in [0.717, 1.165) is 24.4 Å². The molecule has 0 aliphatic carbocycles. The van der Waals surface area contributed by atoms with Crippen molar-refractivity contribution in [2.24, 2.45) is 4.99 Å². The van der Waals surface area contributed by atoms with Gasteiger partial charge in [-0.05, 0) is 12.1 Å². The van der Waals surface area contributed by atoms with Crippen molar-refractivity contribution in [1.82, 2.24) is 4.90 Å². The molecule has 0 spiro atoms. The van der Waals surface area contributed by atoms with Crippen LogP contribution in [0.5, 0.6) is 11.5 Å². The molecule has 0 fully saturated rings. The van der Waals surface area contributed by atoms with E-state index in [9.17, 15) is 5.11 Å². The number of rotatable bonds is 7. The molecule has 0 amide bonds. The summed E-state index contributed by atoms with van der Waals surface area (Å²) in [7, 11) is 1.57. The molecule has 0 radical (unpaired) electrons. The van der Waals surface area contributed by atoms with Gasteiger partial charge in [-0.1, -0.05) is 24.3 Å². The fourth-order valence-corrected chi connectivity index (χ4v) is 2.37. The molecular formula is C19H22N2O2. The molecule has 2 rings (SSSR count). The van der Waals surface area contributed by atoms with Gasteiger partial charge in [0.1, 0.15) is 11.5 Å². The summed E-state index contributed by atoms with van der Waals surface area (Å²) in [6.07, 6.45) is 9.72. The summed E-state index contributed by atoms with van der Waals surface area (Å²) in [4.78, 5) is 6.70. The number of nitrogens with zero attached hydrogens (tertiary/aromatic N) is 2. The molecule has 0 unspecified atom stereocenters. The van der Waals surface area contributed by atoms with Crippen LogP contribution in [0.4, 0.5) is 0 Å². The Bertz CT molecular complexity index is 670. The van der Waals surface area contributed by atoms with Crippen LogP contribution in [-0.2, 0) is 0 Å². The first kappa shape index (κ1) is 16.6. The molecule has 0 saturated heterocycles. The zero-order valence-corrected chi connectivity index (χ0v) is 13.4. The summed E-state index contributed by atoms with van der Waals surface area (Å²) in [6.45, 7) is 9.56. The molecule has 1 aliphatic rings. The van der Waals surface area contributed by atoms with E-state index in [1.165, 1.54) is 0 Å². The van der Waals surface area contributed by atoms with Gasteiger partial charge in [-0.25, -0.2) is 0 Å². The maximum Gasteiger partial charge on any atom is 0.128 e. The minimum Gasteiger partial charge on any atom is -0.507 e. The summed E-state index contributed by atoms with van der Waals surface area (Å²) >= 11 is 0. The Morgan fingerprint density at radius 2 is 2.22 bits per heavy atom. The highest BCUT2D eigenvalue weighted by atomic mass is 16.5. The third-order valence-corrected chi connectivity index (χ3v) is 3.43. The number of aromatic hydroxyl groups is 1. The van der Waals surface area contributed by atoms with Crippen molar-refractivity contribution in [3.63, 3.8) is 0 Å². The molecule has 0 atom stereocenters. The maximum absolute atomic E-state index is 10.3. The highest BCUT2D eigenvalue weighted by Gasteiger charge is 2.16. The highest BCUT2D eigenvalue weighted by Crippen LogP contribution is 2.27. The third-order valence-electron chi connectivity index (χ3n) is 3.43. The van der Waals surface area contributed by atoms with Gasteiger partial charge in [0, 0.05) is 36.5 Å². The molecule has 0 aromatic heterocycles. The Labute approximate surface area is 137 Å². The third kappa shape index (κ3) is 4.13. The maximum atomic E-state index is 10.3. The standard InChI is InChI=1S/C19H22N2O2/c1-4-10-20-19(15-7-6-12-21(14-15)11-5-2)17-9-8-16(23-3)13-18(17)22/h4-9,13-14,22H,1-2,10-12H2,3H3. The molecule has 1 aliphatic heterocycles. The Morgan fingerprint density at radius 3 is 2.87 bits per heavy atom. The predicted octanol–water partition coefficient (Wildman–Crippen LogP) is 3.32. The Morgan fingerprint density at radius 1 is 1.39 bits per heavy atom. The lowest BCUT2D eigenvalue weighted by Gasteiger charge is -2.22. The largest absolute Gasteiger partial charge is 0.507 e. The fourth-order valence-electron chi connectivity index (χ4n) is 2.37. The van der Waals surface area contributed by atoms with Crippen LogP contribution in [0.2, 0.25) is 0 Å². The summed E-state index contributed by atoms with van der Waals surface area (Å²) in [6, 6.07) is 5.22. The first-order chi connectivity index (χ1) is 11.2. The van der Waals surface area contributed by atoms with E-state index in [-0.39, 0.29) is 5.75 Å². The quantitative estimate of drug-likeness (QED) is 0.621. The zero-order chi connectivity index (χ0) is 16.7. The monoisotopic (exact) mass is 310 g/mol. The normalized spacial score (nSPS) is 14.4. The van der Waals surface area contributed by atoms with Crippen LogP contribution in [-0.4, -0.2) is 42.5 Å². The first-order valence-corrected chi connectivity index (χ1v) is 7.46. The molecule has 4 heteroatoms. The van der Waals surface area contributed by atoms with Gasteiger partial charge in [0.15, 0.2) is 0 Å². The van der Waals surface area contributed by atoms with Gasteiger partial charge < -0.3 is 14.7 Å². The van der Waals surface area contributed by atoms with E-state index in [1.54, 1.807) is 19.3 Å². The van der Waals surface area contributed by atoms with Crippen molar-refractivity contribution in [2.75, 3.05) is 26.7 Å². The molecule has 1 heterocycles. The smallest absolute Gasteiger partial charge is 0.128 e.